The lowest BCUT2D eigenvalue weighted by Crippen LogP contribution is -2.28. The molecule has 0 amide bonds. The fraction of sp³-hybridized carbons (Fsp3) is 0.750. The van der Waals surface area contributed by atoms with E-state index >= 15 is 0 Å². The number of rotatable bonds is 12. The van der Waals surface area contributed by atoms with Crippen LogP contribution in [-0.2, 0) is 14.6 Å². The van der Waals surface area contributed by atoms with Crippen LogP contribution in [0.4, 0.5) is 0 Å². The lowest BCUT2D eigenvalue weighted by Gasteiger charge is -2.27. The van der Waals surface area contributed by atoms with E-state index in [1.54, 1.807) is 0 Å². The van der Waals surface area contributed by atoms with Crippen LogP contribution in [0.15, 0.2) is 24.3 Å². The Morgan fingerprint density at radius 2 is 2.00 bits per heavy atom. The Balaban J connectivity index is 1.78. The molecule has 5 nitrogen and oxygen atoms in total. The molecule has 2 N–H and O–H groups in total. The molecule has 1 aliphatic carbocycles. The smallest absolute Gasteiger partial charge is 0.303 e. The third kappa shape index (κ3) is 6.57. The van der Waals surface area contributed by atoms with Gasteiger partial charge in [0.1, 0.15) is 6.10 Å². The minimum absolute atomic E-state index is 0.0921. The van der Waals surface area contributed by atoms with E-state index in [1.807, 2.05) is 6.08 Å². The summed E-state index contributed by atoms with van der Waals surface area (Å²) < 4.78 is 0. The van der Waals surface area contributed by atoms with Gasteiger partial charge in [-0.2, -0.15) is 0 Å². The van der Waals surface area contributed by atoms with Crippen LogP contribution in [0.2, 0.25) is 0 Å². The molecule has 25 heavy (non-hydrogen) atoms. The van der Waals surface area contributed by atoms with Crippen molar-refractivity contribution in [1.82, 2.24) is 0 Å². The molecule has 0 radical (unpaired) electrons. The zero-order valence-electron chi connectivity index (χ0n) is 15.2. The molecule has 2 fully saturated rings. The molecule has 5 heteroatoms. The second-order valence-corrected chi connectivity index (χ2v) is 7.19. The number of aliphatic hydroxyl groups excluding tert-OH is 1. The van der Waals surface area contributed by atoms with Crippen LogP contribution in [-0.4, -0.2) is 34.5 Å². The summed E-state index contributed by atoms with van der Waals surface area (Å²) >= 11 is 0. The summed E-state index contributed by atoms with van der Waals surface area (Å²) in [4.78, 5) is 21.3. The number of fused-ring (bicyclic) bond motifs is 2. The van der Waals surface area contributed by atoms with Gasteiger partial charge in [-0.25, -0.2) is 9.78 Å². The van der Waals surface area contributed by atoms with Crippen molar-refractivity contribution in [2.24, 2.45) is 11.8 Å². The van der Waals surface area contributed by atoms with Crippen molar-refractivity contribution >= 4 is 5.97 Å². The molecule has 2 rings (SSSR count). The molecule has 0 aromatic rings. The van der Waals surface area contributed by atoms with Crippen LogP contribution in [0.1, 0.15) is 64.7 Å². The molecular formula is C20H32O5. The van der Waals surface area contributed by atoms with Crippen LogP contribution >= 0.6 is 0 Å². The molecule has 1 aliphatic heterocycles. The van der Waals surface area contributed by atoms with E-state index in [9.17, 15) is 9.90 Å². The molecule has 1 saturated carbocycles. The highest BCUT2D eigenvalue weighted by Gasteiger charge is 2.49. The van der Waals surface area contributed by atoms with E-state index < -0.39 is 5.97 Å². The molecular weight excluding hydrogens is 320 g/mol. The maximum Gasteiger partial charge on any atom is 0.303 e. The number of aliphatic hydroxyl groups is 1. The van der Waals surface area contributed by atoms with Crippen molar-refractivity contribution < 1.29 is 24.8 Å². The Bertz CT molecular complexity index is 459. The summed E-state index contributed by atoms with van der Waals surface area (Å²) in [6.45, 7) is 2.16. The maximum absolute atomic E-state index is 10.5. The second kappa shape index (κ2) is 10.7. The Kier molecular flexibility index (Phi) is 8.65. The first kappa shape index (κ1) is 20.1. The molecule has 142 valence electrons. The third-order valence-electron chi connectivity index (χ3n) is 5.16. The Hall–Kier alpha value is -1.17. The van der Waals surface area contributed by atoms with E-state index in [-0.39, 0.29) is 30.7 Å². The van der Waals surface area contributed by atoms with Gasteiger partial charge in [0, 0.05) is 24.7 Å². The van der Waals surface area contributed by atoms with Gasteiger partial charge in [0.2, 0.25) is 0 Å². The van der Waals surface area contributed by atoms with Gasteiger partial charge in [-0.3, -0.25) is 4.79 Å². The van der Waals surface area contributed by atoms with Gasteiger partial charge in [0.15, 0.2) is 0 Å². The van der Waals surface area contributed by atoms with E-state index in [0.29, 0.717) is 12.3 Å². The number of carboxylic acids is 1. The summed E-state index contributed by atoms with van der Waals surface area (Å²) in [5, 5.41) is 18.7. The largest absolute Gasteiger partial charge is 0.481 e. The summed E-state index contributed by atoms with van der Waals surface area (Å²) in [7, 11) is 0. The van der Waals surface area contributed by atoms with Crippen molar-refractivity contribution in [2.75, 3.05) is 0 Å². The van der Waals surface area contributed by atoms with Gasteiger partial charge in [-0.1, -0.05) is 50.5 Å². The van der Waals surface area contributed by atoms with Crippen LogP contribution in [0.5, 0.6) is 0 Å². The van der Waals surface area contributed by atoms with Crippen molar-refractivity contribution in [3.05, 3.63) is 24.3 Å². The zero-order chi connectivity index (χ0) is 18.1. The first-order valence-electron chi connectivity index (χ1n) is 9.67. The molecule has 0 spiro atoms. The summed E-state index contributed by atoms with van der Waals surface area (Å²) in [6, 6.07) is 0. The van der Waals surface area contributed by atoms with Gasteiger partial charge in [0.05, 0.1) is 12.2 Å². The molecule has 5 atom stereocenters. The van der Waals surface area contributed by atoms with E-state index in [1.165, 1.54) is 0 Å². The molecule has 0 aromatic carbocycles. The van der Waals surface area contributed by atoms with Gasteiger partial charge in [-0.05, 0) is 25.7 Å². The Labute approximate surface area is 150 Å². The average Bonchev–Trinajstić information content (AvgIpc) is 3.17. The van der Waals surface area contributed by atoms with Crippen LogP contribution in [0, 0.1) is 11.8 Å². The first-order chi connectivity index (χ1) is 12.1. The fourth-order valence-electron chi connectivity index (χ4n) is 3.72. The van der Waals surface area contributed by atoms with Gasteiger partial charge < -0.3 is 10.2 Å². The number of unbranched alkanes of at least 4 members (excludes halogenated alkanes) is 3. The van der Waals surface area contributed by atoms with Crippen molar-refractivity contribution in [3.63, 3.8) is 0 Å². The Morgan fingerprint density at radius 3 is 2.76 bits per heavy atom. The van der Waals surface area contributed by atoms with Gasteiger partial charge in [-0.15, -0.1) is 0 Å². The molecule has 0 aromatic heterocycles. The lowest BCUT2D eigenvalue weighted by molar-refractivity contribution is -0.336. The molecule has 1 unspecified atom stereocenters. The Morgan fingerprint density at radius 1 is 1.20 bits per heavy atom. The SMILES string of the molecule is CCCCC[C@H](O)C=C[C@H]1[C@H]2CC(OO2)[C@@H]1CC=CCCCC(=O)O. The number of hydrogen-bond donors (Lipinski definition) is 2. The standard InChI is InChI=1S/C20H32O5/c1-2-3-6-9-15(21)12-13-17-16(18-14-19(17)25-24-18)10-7-4-5-8-11-20(22)23/h4,7,12-13,15-19,21H,2-3,5-6,8-11,14H2,1H3,(H,22,23)/t15-,16+,17+,18?,19+/m0/s1. The zero-order valence-corrected chi connectivity index (χ0v) is 15.2. The normalized spacial score (nSPS) is 29.8. The molecule has 2 aliphatic rings. The van der Waals surface area contributed by atoms with E-state index in [2.05, 4.69) is 25.2 Å². The minimum atomic E-state index is -0.741. The summed E-state index contributed by atoms with van der Waals surface area (Å²) in [5.74, 6) is -0.0912. The lowest BCUT2D eigenvalue weighted by atomic mass is 9.89. The molecule has 1 saturated heterocycles. The highest BCUT2D eigenvalue weighted by molar-refractivity contribution is 5.66. The fourth-order valence-corrected chi connectivity index (χ4v) is 3.72. The molecule has 2 bridgehead atoms. The molecule has 1 heterocycles. The second-order valence-electron chi connectivity index (χ2n) is 7.19. The van der Waals surface area contributed by atoms with Gasteiger partial charge in [0.25, 0.3) is 0 Å². The number of allylic oxidation sites excluding steroid dienone is 2. The minimum Gasteiger partial charge on any atom is -0.481 e. The number of aliphatic carboxylic acids is 1. The number of hydrogen-bond acceptors (Lipinski definition) is 4. The van der Waals surface area contributed by atoms with Crippen molar-refractivity contribution in [2.45, 2.75) is 83.0 Å². The average molecular weight is 352 g/mol. The third-order valence-corrected chi connectivity index (χ3v) is 5.16. The predicted molar refractivity (Wildman–Crippen MR) is 95.9 cm³/mol. The number of carbonyl (C=O) groups is 1. The first-order valence-corrected chi connectivity index (χ1v) is 9.67. The van der Waals surface area contributed by atoms with Crippen molar-refractivity contribution in [1.29, 1.82) is 0 Å². The maximum atomic E-state index is 10.5. The highest BCUT2D eigenvalue weighted by atomic mass is 17.2. The van der Waals surface area contributed by atoms with Gasteiger partial charge >= 0.3 is 5.97 Å². The summed E-state index contributed by atoms with van der Waals surface area (Å²) in [5.41, 5.74) is 0. The highest BCUT2D eigenvalue weighted by Crippen LogP contribution is 2.44. The topological polar surface area (TPSA) is 76.0 Å². The quantitative estimate of drug-likeness (QED) is 0.315. The van der Waals surface area contributed by atoms with Crippen LogP contribution < -0.4 is 0 Å². The van der Waals surface area contributed by atoms with Crippen LogP contribution in [0.25, 0.3) is 0 Å². The van der Waals surface area contributed by atoms with E-state index in [0.717, 1.165) is 44.9 Å². The van der Waals surface area contributed by atoms with E-state index in [4.69, 9.17) is 14.9 Å². The van der Waals surface area contributed by atoms with Crippen LogP contribution in [0.3, 0.4) is 0 Å². The predicted octanol–water partition coefficient (Wildman–Crippen LogP) is 4.02. The number of carboxylic acid groups (broad SMARTS) is 1. The van der Waals surface area contributed by atoms with Crippen molar-refractivity contribution in [3.8, 4) is 0 Å². The summed E-state index contributed by atoms with van der Waals surface area (Å²) in [6.07, 6.45) is 15.8. The monoisotopic (exact) mass is 352 g/mol.